The van der Waals surface area contributed by atoms with E-state index in [-0.39, 0.29) is 0 Å². The maximum absolute atomic E-state index is 5.39. The van der Waals surface area contributed by atoms with Crippen molar-refractivity contribution in [2.75, 3.05) is 46.1 Å². The Hall–Kier alpha value is -0.160. The standard InChI is InChI=1S/C12H26N2O2/c1-4-15-10-12(3)13-11(2)9-14-5-7-16-8-6-14/h11-13H,4-10H2,1-3H3. The lowest BCUT2D eigenvalue weighted by molar-refractivity contribution is 0.0329. The molecule has 0 aromatic rings. The summed E-state index contributed by atoms with van der Waals surface area (Å²) in [6, 6.07) is 0.935. The van der Waals surface area contributed by atoms with E-state index in [9.17, 15) is 0 Å². The van der Waals surface area contributed by atoms with Crippen LogP contribution in [0.5, 0.6) is 0 Å². The lowest BCUT2D eigenvalue weighted by Crippen LogP contribution is -2.47. The first-order valence-electron chi connectivity index (χ1n) is 6.36. The number of hydrogen-bond donors (Lipinski definition) is 1. The summed E-state index contributed by atoms with van der Waals surface area (Å²) in [5.74, 6) is 0. The summed E-state index contributed by atoms with van der Waals surface area (Å²) in [6.07, 6.45) is 0. The van der Waals surface area contributed by atoms with Gasteiger partial charge in [-0.15, -0.1) is 0 Å². The number of rotatable bonds is 7. The Bertz CT molecular complexity index is 172. The Morgan fingerprint density at radius 3 is 2.56 bits per heavy atom. The summed E-state index contributed by atoms with van der Waals surface area (Å²) in [5, 5.41) is 3.55. The molecule has 16 heavy (non-hydrogen) atoms. The van der Waals surface area contributed by atoms with Crippen LogP contribution in [0, 0.1) is 0 Å². The van der Waals surface area contributed by atoms with E-state index >= 15 is 0 Å². The normalized spacial score (nSPS) is 21.9. The van der Waals surface area contributed by atoms with Gasteiger partial charge in [0.2, 0.25) is 0 Å². The van der Waals surface area contributed by atoms with Gasteiger partial charge in [-0.05, 0) is 20.8 Å². The molecule has 4 heteroatoms. The van der Waals surface area contributed by atoms with Gasteiger partial charge in [-0.25, -0.2) is 0 Å². The van der Waals surface area contributed by atoms with Crippen LogP contribution in [0.3, 0.4) is 0 Å². The molecule has 0 aliphatic carbocycles. The zero-order valence-electron chi connectivity index (χ0n) is 10.9. The van der Waals surface area contributed by atoms with Crippen LogP contribution in [0.25, 0.3) is 0 Å². The predicted molar refractivity (Wildman–Crippen MR) is 65.8 cm³/mol. The highest BCUT2D eigenvalue weighted by atomic mass is 16.5. The second kappa shape index (κ2) is 8.01. The smallest absolute Gasteiger partial charge is 0.0616 e. The zero-order chi connectivity index (χ0) is 11.8. The van der Waals surface area contributed by atoms with Gasteiger partial charge in [-0.2, -0.15) is 0 Å². The molecule has 0 bridgehead atoms. The summed E-state index contributed by atoms with van der Waals surface area (Å²) in [5.41, 5.74) is 0. The average Bonchev–Trinajstić information content (AvgIpc) is 2.27. The van der Waals surface area contributed by atoms with Gasteiger partial charge in [0.15, 0.2) is 0 Å². The van der Waals surface area contributed by atoms with Gasteiger partial charge in [-0.3, -0.25) is 4.90 Å². The van der Waals surface area contributed by atoms with Gasteiger partial charge in [0, 0.05) is 38.3 Å². The molecule has 1 aliphatic rings. The summed E-state index contributed by atoms with van der Waals surface area (Å²) in [7, 11) is 0. The number of ether oxygens (including phenoxy) is 2. The Morgan fingerprint density at radius 2 is 1.94 bits per heavy atom. The third-order valence-electron chi connectivity index (χ3n) is 2.78. The Morgan fingerprint density at radius 1 is 1.25 bits per heavy atom. The van der Waals surface area contributed by atoms with Crippen molar-refractivity contribution in [3.8, 4) is 0 Å². The number of morpholine rings is 1. The quantitative estimate of drug-likeness (QED) is 0.699. The van der Waals surface area contributed by atoms with E-state index in [2.05, 4.69) is 24.1 Å². The van der Waals surface area contributed by atoms with Crippen molar-refractivity contribution < 1.29 is 9.47 Å². The Kier molecular flexibility index (Phi) is 6.96. The van der Waals surface area contributed by atoms with Crippen LogP contribution in [0.2, 0.25) is 0 Å². The first kappa shape index (κ1) is 13.9. The van der Waals surface area contributed by atoms with Crippen LogP contribution in [0.4, 0.5) is 0 Å². The molecular formula is C12H26N2O2. The fourth-order valence-electron chi connectivity index (χ4n) is 2.05. The summed E-state index contributed by atoms with van der Waals surface area (Å²) >= 11 is 0. The molecule has 0 amide bonds. The molecule has 0 aromatic carbocycles. The maximum Gasteiger partial charge on any atom is 0.0616 e. The van der Waals surface area contributed by atoms with Crippen molar-refractivity contribution in [1.29, 1.82) is 0 Å². The minimum Gasteiger partial charge on any atom is -0.380 e. The first-order valence-corrected chi connectivity index (χ1v) is 6.36. The summed E-state index contributed by atoms with van der Waals surface area (Å²) < 4.78 is 10.7. The Balaban J connectivity index is 2.11. The van der Waals surface area contributed by atoms with Crippen LogP contribution < -0.4 is 5.32 Å². The first-order chi connectivity index (χ1) is 7.72. The van der Waals surface area contributed by atoms with Crippen molar-refractivity contribution in [2.24, 2.45) is 0 Å². The minimum absolute atomic E-state index is 0.427. The largest absolute Gasteiger partial charge is 0.380 e. The monoisotopic (exact) mass is 230 g/mol. The molecule has 0 saturated carbocycles. The van der Waals surface area contributed by atoms with Crippen molar-refractivity contribution in [2.45, 2.75) is 32.9 Å². The lowest BCUT2D eigenvalue weighted by Gasteiger charge is -2.30. The van der Waals surface area contributed by atoms with Gasteiger partial charge < -0.3 is 14.8 Å². The van der Waals surface area contributed by atoms with Crippen LogP contribution >= 0.6 is 0 Å². The fraction of sp³-hybridized carbons (Fsp3) is 1.00. The maximum atomic E-state index is 5.39. The van der Waals surface area contributed by atoms with E-state index < -0.39 is 0 Å². The fourth-order valence-corrected chi connectivity index (χ4v) is 2.05. The van der Waals surface area contributed by atoms with E-state index in [1.54, 1.807) is 0 Å². The van der Waals surface area contributed by atoms with Crippen LogP contribution in [0.1, 0.15) is 20.8 Å². The highest BCUT2D eigenvalue weighted by Gasteiger charge is 2.14. The molecule has 0 radical (unpaired) electrons. The van der Waals surface area contributed by atoms with Crippen LogP contribution in [-0.4, -0.2) is 63.0 Å². The van der Waals surface area contributed by atoms with Crippen molar-refractivity contribution in [3.63, 3.8) is 0 Å². The van der Waals surface area contributed by atoms with Gasteiger partial charge in [0.05, 0.1) is 19.8 Å². The topological polar surface area (TPSA) is 33.7 Å². The van der Waals surface area contributed by atoms with Gasteiger partial charge >= 0.3 is 0 Å². The third kappa shape index (κ3) is 5.80. The molecule has 1 rings (SSSR count). The molecule has 0 spiro atoms. The van der Waals surface area contributed by atoms with Crippen molar-refractivity contribution in [3.05, 3.63) is 0 Å². The summed E-state index contributed by atoms with van der Waals surface area (Å²) in [4.78, 5) is 2.45. The third-order valence-corrected chi connectivity index (χ3v) is 2.78. The lowest BCUT2D eigenvalue weighted by atomic mass is 10.2. The van der Waals surface area contributed by atoms with Gasteiger partial charge in [-0.1, -0.05) is 0 Å². The zero-order valence-corrected chi connectivity index (χ0v) is 10.9. The van der Waals surface area contributed by atoms with E-state index in [1.165, 1.54) is 0 Å². The van der Waals surface area contributed by atoms with Crippen LogP contribution in [-0.2, 0) is 9.47 Å². The Labute approximate surface area is 99.3 Å². The molecule has 0 aromatic heterocycles. The van der Waals surface area contributed by atoms with Gasteiger partial charge in [0.1, 0.15) is 0 Å². The molecule has 4 nitrogen and oxygen atoms in total. The van der Waals surface area contributed by atoms with E-state index in [4.69, 9.17) is 9.47 Å². The molecule has 1 aliphatic heterocycles. The molecule has 1 saturated heterocycles. The number of nitrogens with one attached hydrogen (secondary N) is 1. The molecule has 2 atom stereocenters. The van der Waals surface area contributed by atoms with E-state index in [1.807, 2.05) is 6.92 Å². The van der Waals surface area contributed by atoms with Gasteiger partial charge in [0.25, 0.3) is 0 Å². The van der Waals surface area contributed by atoms with E-state index in [0.29, 0.717) is 12.1 Å². The highest BCUT2D eigenvalue weighted by Crippen LogP contribution is 1.99. The number of nitrogens with zero attached hydrogens (tertiary/aromatic N) is 1. The average molecular weight is 230 g/mol. The minimum atomic E-state index is 0.427. The highest BCUT2D eigenvalue weighted by molar-refractivity contribution is 4.72. The molecule has 96 valence electrons. The molecule has 1 N–H and O–H groups in total. The van der Waals surface area contributed by atoms with Crippen molar-refractivity contribution in [1.82, 2.24) is 10.2 Å². The number of hydrogen-bond acceptors (Lipinski definition) is 4. The molecule has 1 heterocycles. The predicted octanol–water partition coefficient (Wildman–Crippen LogP) is 0.722. The second-order valence-corrected chi connectivity index (χ2v) is 4.54. The molecule has 1 fully saturated rings. The van der Waals surface area contributed by atoms with E-state index in [0.717, 1.165) is 46.1 Å². The SMILES string of the molecule is CCOCC(C)NC(C)CN1CCOCC1. The molecular weight excluding hydrogens is 204 g/mol. The second-order valence-electron chi connectivity index (χ2n) is 4.54. The molecule has 2 unspecified atom stereocenters. The van der Waals surface area contributed by atoms with Crippen molar-refractivity contribution >= 4 is 0 Å². The van der Waals surface area contributed by atoms with Crippen LogP contribution in [0.15, 0.2) is 0 Å². The summed E-state index contributed by atoms with van der Waals surface area (Å²) in [6.45, 7) is 13.0.